The van der Waals surface area contributed by atoms with E-state index in [1.165, 1.54) is 29.4 Å². The van der Waals surface area contributed by atoms with Crippen molar-refractivity contribution < 1.29 is 29.0 Å². The van der Waals surface area contributed by atoms with Gasteiger partial charge in [0.1, 0.15) is 0 Å². The van der Waals surface area contributed by atoms with Crippen LogP contribution in [0.15, 0.2) is 64.1 Å². The third-order valence-electron chi connectivity index (χ3n) is 8.15. The summed E-state index contributed by atoms with van der Waals surface area (Å²) in [6.45, 7) is 1.88. The Morgan fingerprint density at radius 2 is 1.95 bits per heavy atom. The summed E-state index contributed by atoms with van der Waals surface area (Å²) >= 11 is 3.51. The number of phenols is 1. The quantitative estimate of drug-likeness (QED) is 0.225. The molecule has 1 saturated heterocycles. The number of likely N-dealkylation sites (tertiary alicyclic amines) is 1. The van der Waals surface area contributed by atoms with Crippen LogP contribution in [0.5, 0.6) is 11.5 Å². The molecule has 9 heteroatoms. The Hall–Kier alpha value is -3.05. The highest BCUT2D eigenvalue weighted by molar-refractivity contribution is 14.1. The Kier molecular flexibility index (Phi) is 6.18. The van der Waals surface area contributed by atoms with Crippen LogP contribution in [0.2, 0.25) is 0 Å². The van der Waals surface area contributed by atoms with Gasteiger partial charge in [-0.1, -0.05) is 17.7 Å². The highest BCUT2D eigenvalue weighted by atomic mass is 127. The average molecular weight is 641 g/mol. The second-order valence-electron chi connectivity index (χ2n) is 10.1. The van der Waals surface area contributed by atoms with Crippen molar-refractivity contribution in [3.8, 4) is 11.5 Å². The first kappa shape index (κ1) is 25.2. The van der Waals surface area contributed by atoms with Crippen molar-refractivity contribution in [1.29, 1.82) is 0 Å². The number of hydrogen-bond acceptors (Lipinski definition) is 7. The largest absolute Gasteiger partial charge is 0.504 e. The molecule has 194 valence electrons. The number of halogens is 1. The van der Waals surface area contributed by atoms with Crippen molar-refractivity contribution in [1.82, 2.24) is 4.90 Å². The van der Waals surface area contributed by atoms with Crippen molar-refractivity contribution >= 4 is 57.3 Å². The summed E-state index contributed by atoms with van der Waals surface area (Å²) in [5, 5.41) is 12.4. The smallest absolute Gasteiger partial charge is 0.234 e. The van der Waals surface area contributed by atoms with Gasteiger partial charge in [-0.05, 0) is 83.5 Å². The maximum Gasteiger partial charge on any atom is 0.234 e. The van der Waals surface area contributed by atoms with Crippen LogP contribution in [0.4, 0.5) is 0 Å². The lowest BCUT2D eigenvalue weighted by Gasteiger charge is -2.42. The van der Waals surface area contributed by atoms with E-state index in [9.17, 15) is 24.3 Å². The van der Waals surface area contributed by atoms with E-state index in [1.807, 2.05) is 46.2 Å². The third kappa shape index (κ3) is 3.73. The number of phenolic OH excluding ortho intramolecular Hbond substituents is 1. The molecule has 0 radical (unpaired) electrons. The fourth-order valence-corrected chi connectivity index (χ4v) is 7.75. The maximum atomic E-state index is 13.8. The number of rotatable bonds is 4. The molecule has 7 nitrogen and oxygen atoms in total. The Morgan fingerprint density at radius 3 is 2.66 bits per heavy atom. The van der Waals surface area contributed by atoms with E-state index in [0.717, 1.165) is 10.5 Å². The maximum absolute atomic E-state index is 13.8. The molecule has 1 aliphatic heterocycles. The highest BCUT2D eigenvalue weighted by Crippen LogP contribution is 2.56. The van der Waals surface area contributed by atoms with Crippen molar-refractivity contribution in [2.45, 2.75) is 32.2 Å². The number of methoxy groups -OCH3 is 1. The number of thiophene rings is 1. The molecule has 4 aliphatic rings. The van der Waals surface area contributed by atoms with Crippen LogP contribution in [0.3, 0.4) is 0 Å². The predicted molar refractivity (Wildman–Crippen MR) is 149 cm³/mol. The average Bonchev–Trinajstić information content (AvgIpc) is 3.50. The lowest BCUT2D eigenvalue weighted by molar-refractivity contribution is -0.140. The summed E-state index contributed by atoms with van der Waals surface area (Å²) in [6, 6.07) is 7.29. The number of carbonyl (C=O) groups is 4. The number of amides is 2. The highest BCUT2D eigenvalue weighted by Gasteiger charge is 2.56. The summed E-state index contributed by atoms with van der Waals surface area (Å²) in [7, 11) is 1.46. The van der Waals surface area contributed by atoms with E-state index in [0.29, 0.717) is 32.3 Å². The van der Waals surface area contributed by atoms with Crippen LogP contribution in [0.1, 0.15) is 36.1 Å². The molecule has 0 bridgehead atoms. The molecule has 2 amide bonds. The predicted octanol–water partition coefficient (Wildman–Crippen LogP) is 4.70. The van der Waals surface area contributed by atoms with Gasteiger partial charge in [-0.2, -0.15) is 0 Å². The number of Topliss-reactive ketones (excluding diaryl/α,β-unsaturated/α-hetero) is 1. The molecule has 38 heavy (non-hydrogen) atoms. The van der Waals surface area contributed by atoms with Crippen molar-refractivity contribution in [3.63, 3.8) is 0 Å². The van der Waals surface area contributed by atoms with Gasteiger partial charge in [-0.3, -0.25) is 24.1 Å². The van der Waals surface area contributed by atoms with Gasteiger partial charge in [0.2, 0.25) is 11.8 Å². The van der Waals surface area contributed by atoms with Gasteiger partial charge in [0.05, 0.1) is 29.1 Å². The van der Waals surface area contributed by atoms with Crippen LogP contribution in [0.25, 0.3) is 0 Å². The SMILES string of the molecule is COc1cc(C2C3=CCC4C(=O)N(Cc5cccs5)C(=O)C4C3CC3=C2C(=O)C(C)=CC3=O)cc(I)c1O. The van der Waals surface area contributed by atoms with Crippen LogP contribution in [0, 0.1) is 21.3 Å². The van der Waals surface area contributed by atoms with E-state index in [-0.39, 0.29) is 53.8 Å². The summed E-state index contributed by atoms with van der Waals surface area (Å²) in [5.41, 5.74) is 2.79. The van der Waals surface area contributed by atoms with E-state index in [1.54, 1.807) is 19.1 Å². The number of ketones is 2. The number of nitrogens with zero attached hydrogens (tertiary/aromatic N) is 1. The molecule has 4 atom stereocenters. The van der Waals surface area contributed by atoms with Gasteiger partial charge in [-0.15, -0.1) is 11.3 Å². The minimum Gasteiger partial charge on any atom is -0.504 e. The zero-order valence-corrected chi connectivity index (χ0v) is 23.7. The molecule has 2 aromatic rings. The number of imide groups is 1. The van der Waals surface area contributed by atoms with Crippen LogP contribution >= 0.6 is 33.9 Å². The van der Waals surface area contributed by atoms with Gasteiger partial charge < -0.3 is 9.84 Å². The van der Waals surface area contributed by atoms with Crippen molar-refractivity contribution in [3.05, 3.63) is 78.1 Å². The molecule has 6 rings (SSSR count). The fraction of sp³-hybridized carbons (Fsp3) is 0.310. The topological polar surface area (TPSA) is 101 Å². The van der Waals surface area contributed by atoms with Gasteiger partial charge >= 0.3 is 0 Å². The lowest BCUT2D eigenvalue weighted by Crippen LogP contribution is -2.39. The van der Waals surface area contributed by atoms with Crippen LogP contribution < -0.4 is 4.74 Å². The molecule has 1 fully saturated rings. The Bertz CT molecular complexity index is 1520. The Morgan fingerprint density at radius 1 is 1.16 bits per heavy atom. The summed E-state index contributed by atoms with van der Waals surface area (Å²) in [4.78, 5) is 56.3. The van der Waals surface area contributed by atoms with E-state index in [4.69, 9.17) is 4.74 Å². The number of ether oxygens (including phenoxy) is 1. The monoisotopic (exact) mass is 641 g/mol. The van der Waals surface area contributed by atoms with E-state index < -0.39 is 17.8 Å². The molecule has 0 saturated carbocycles. The second-order valence-corrected chi connectivity index (χ2v) is 12.3. The van der Waals surface area contributed by atoms with Gasteiger partial charge in [0.25, 0.3) is 0 Å². The summed E-state index contributed by atoms with van der Waals surface area (Å²) in [6.07, 6.45) is 4.01. The molecule has 1 aromatic heterocycles. The fourth-order valence-electron chi connectivity index (χ4n) is 6.44. The lowest BCUT2D eigenvalue weighted by atomic mass is 9.59. The normalized spacial score (nSPS) is 26.7. The van der Waals surface area contributed by atoms with Gasteiger partial charge in [0.15, 0.2) is 23.1 Å². The molecule has 2 heterocycles. The van der Waals surface area contributed by atoms with Crippen molar-refractivity contribution in [2.24, 2.45) is 17.8 Å². The molecule has 0 spiro atoms. The van der Waals surface area contributed by atoms with E-state index in [2.05, 4.69) is 0 Å². The summed E-state index contributed by atoms with van der Waals surface area (Å²) in [5.74, 6) is -2.59. The Balaban J connectivity index is 1.48. The minimum atomic E-state index is -0.591. The zero-order chi connectivity index (χ0) is 26.9. The zero-order valence-electron chi connectivity index (χ0n) is 20.7. The number of aromatic hydroxyl groups is 1. The third-order valence-corrected chi connectivity index (χ3v) is 9.84. The Labute approximate surface area is 237 Å². The van der Waals surface area contributed by atoms with Crippen molar-refractivity contribution in [2.75, 3.05) is 7.11 Å². The summed E-state index contributed by atoms with van der Waals surface area (Å²) < 4.78 is 5.95. The molecular weight excluding hydrogens is 617 g/mol. The molecule has 4 unspecified atom stereocenters. The number of allylic oxidation sites excluding steroid dienone is 6. The minimum absolute atomic E-state index is 0.000917. The molecular formula is C29H24INO6S. The first-order chi connectivity index (χ1) is 18.2. The number of hydrogen-bond donors (Lipinski definition) is 1. The molecule has 3 aliphatic carbocycles. The van der Waals surface area contributed by atoms with Gasteiger partial charge in [0, 0.05) is 27.5 Å². The van der Waals surface area contributed by atoms with Crippen LogP contribution in [-0.4, -0.2) is 40.5 Å². The van der Waals surface area contributed by atoms with Crippen LogP contribution in [-0.2, 0) is 25.7 Å². The number of fused-ring (bicyclic) bond motifs is 3. The van der Waals surface area contributed by atoms with Gasteiger partial charge in [-0.25, -0.2) is 0 Å². The standard InChI is InChI=1S/C29H24INO6S/c1-13-8-21(32)19-11-18-16(23(25(19)26(13)33)14-9-20(30)27(34)22(10-14)37-2)5-6-17-24(18)29(36)31(28(17)35)12-15-4-3-7-38-15/h3-5,7-10,17-18,23-24,34H,6,11-12H2,1-2H3. The molecule has 1 aromatic carbocycles. The molecule has 1 N–H and O–H groups in total. The number of benzene rings is 1. The first-order valence-electron chi connectivity index (χ1n) is 12.4. The van der Waals surface area contributed by atoms with E-state index >= 15 is 0 Å². The first-order valence-corrected chi connectivity index (χ1v) is 14.3. The second kappa shape index (κ2) is 9.30. The number of carbonyl (C=O) groups excluding carboxylic acids is 4.